The van der Waals surface area contributed by atoms with Gasteiger partial charge in [-0.25, -0.2) is 0 Å². The summed E-state index contributed by atoms with van der Waals surface area (Å²) in [6.07, 6.45) is 7.70. The smallest absolute Gasteiger partial charge is 0.127 e. The third-order valence-electron chi connectivity index (χ3n) is 1.70. The van der Waals surface area contributed by atoms with Crippen LogP contribution in [0.3, 0.4) is 0 Å². The van der Waals surface area contributed by atoms with Crippen molar-refractivity contribution in [1.29, 1.82) is 0 Å². The Labute approximate surface area is 66.5 Å². The van der Waals surface area contributed by atoms with Crippen molar-refractivity contribution in [2.45, 2.75) is 6.42 Å². The van der Waals surface area contributed by atoms with E-state index in [9.17, 15) is 4.79 Å². The molecule has 1 aliphatic carbocycles. The van der Waals surface area contributed by atoms with Gasteiger partial charge >= 0.3 is 0 Å². The molecule has 1 unspecified atom stereocenters. The van der Waals surface area contributed by atoms with E-state index in [1.807, 2.05) is 18.2 Å². The Morgan fingerprint density at radius 2 is 2.64 bits per heavy atom. The highest BCUT2D eigenvalue weighted by molar-refractivity contribution is 5.58. The van der Waals surface area contributed by atoms with Crippen LogP contribution in [0.15, 0.2) is 23.8 Å². The zero-order valence-electron chi connectivity index (χ0n) is 6.62. The average molecular weight is 152 g/mol. The first-order valence-electron chi connectivity index (χ1n) is 3.68. The van der Waals surface area contributed by atoms with E-state index in [4.69, 9.17) is 4.74 Å². The fourth-order valence-corrected chi connectivity index (χ4v) is 1.06. The predicted octanol–water partition coefficient (Wildman–Crippen LogP) is 1.33. The molecule has 0 aromatic rings. The number of aldehydes is 1. The highest BCUT2D eigenvalue weighted by Crippen LogP contribution is 2.14. The van der Waals surface area contributed by atoms with Crippen molar-refractivity contribution in [3.05, 3.63) is 23.8 Å². The van der Waals surface area contributed by atoms with Crippen molar-refractivity contribution >= 4 is 6.29 Å². The zero-order valence-corrected chi connectivity index (χ0v) is 6.62. The lowest BCUT2D eigenvalue weighted by Crippen LogP contribution is -2.03. The van der Waals surface area contributed by atoms with Crippen molar-refractivity contribution in [1.82, 2.24) is 0 Å². The number of rotatable bonds is 3. The average Bonchev–Trinajstić information content (AvgIpc) is 2.07. The van der Waals surface area contributed by atoms with E-state index >= 15 is 0 Å². The van der Waals surface area contributed by atoms with Crippen LogP contribution in [-0.4, -0.2) is 20.0 Å². The minimum atomic E-state index is 0.0793. The Morgan fingerprint density at radius 1 is 1.82 bits per heavy atom. The molecule has 0 amide bonds. The first kappa shape index (κ1) is 8.21. The van der Waals surface area contributed by atoms with Crippen LogP contribution in [0, 0.1) is 5.92 Å². The second-order valence-corrected chi connectivity index (χ2v) is 2.61. The molecule has 0 aromatic heterocycles. The minimum absolute atomic E-state index is 0.0793. The molecule has 2 nitrogen and oxygen atoms in total. The maximum absolute atomic E-state index is 10.3. The Hall–Kier alpha value is -0.890. The molecular formula is C9H12O2. The normalized spacial score (nSPS) is 23.0. The van der Waals surface area contributed by atoms with Gasteiger partial charge in [-0.15, -0.1) is 0 Å². The van der Waals surface area contributed by atoms with Crippen LogP contribution in [0.2, 0.25) is 0 Å². The van der Waals surface area contributed by atoms with Crippen LogP contribution >= 0.6 is 0 Å². The van der Waals surface area contributed by atoms with Gasteiger partial charge in [0, 0.05) is 13.0 Å². The monoisotopic (exact) mass is 152 g/mol. The fraction of sp³-hybridized carbons (Fsp3) is 0.444. The largest absolute Gasteiger partial charge is 0.380 e. The molecule has 0 aliphatic heterocycles. The number of allylic oxidation sites excluding steroid dienone is 2. The van der Waals surface area contributed by atoms with Crippen molar-refractivity contribution in [2.24, 2.45) is 5.92 Å². The zero-order chi connectivity index (χ0) is 8.10. The maximum Gasteiger partial charge on any atom is 0.127 e. The first-order chi connectivity index (χ1) is 5.36. The molecule has 0 saturated heterocycles. The predicted molar refractivity (Wildman–Crippen MR) is 43.3 cm³/mol. The number of carbonyl (C=O) groups excluding carboxylic acids is 1. The quantitative estimate of drug-likeness (QED) is 0.570. The van der Waals surface area contributed by atoms with Gasteiger partial charge in [-0.2, -0.15) is 0 Å². The molecule has 2 heteroatoms. The summed E-state index contributed by atoms with van der Waals surface area (Å²) in [7, 11) is 1.67. The summed E-state index contributed by atoms with van der Waals surface area (Å²) in [6, 6.07) is 0. The number of carbonyl (C=O) groups is 1. The lowest BCUT2D eigenvalue weighted by atomic mass is 9.98. The van der Waals surface area contributed by atoms with E-state index in [1.165, 1.54) is 0 Å². The Bertz CT molecular complexity index is 192. The molecule has 1 rings (SSSR count). The summed E-state index contributed by atoms with van der Waals surface area (Å²) < 4.78 is 4.94. The lowest BCUT2D eigenvalue weighted by molar-refractivity contribution is -0.109. The summed E-state index contributed by atoms with van der Waals surface area (Å²) >= 11 is 0. The van der Waals surface area contributed by atoms with E-state index in [0.29, 0.717) is 6.61 Å². The molecule has 0 fully saturated rings. The second kappa shape index (κ2) is 4.09. The second-order valence-electron chi connectivity index (χ2n) is 2.61. The summed E-state index contributed by atoms with van der Waals surface area (Å²) in [5.74, 6) is 0.0793. The topological polar surface area (TPSA) is 26.3 Å². The van der Waals surface area contributed by atoms with Crippen molar-refractivity contribution in [2.75, 3.05) is 13.7 Å². The number of ether oxygens (including phenoxy) is 1. The molecule has 11 heavy (non-hydrogen) atoms. The molecule has 0 heterocycles. The van der Waals surface area contributed by atoms with E-state index in [2.05, 4.69) is 0 Å². The van der Waals surface area contributed by atoms with Gasteiger partial charge in [0.25, 0.3) is 0 Å². The molecule has 1 aliphatic rings. The van der Waals surface area contributed by atoms with Gasteiger partial charge in [0.15, 0.2) is 0 Å². The van der Waals surface area contributed by atoms with Crippen LogP contribution in [0.5, 0.6) is 0 Å². The lowest BCUT2D eigenvalue weighted by Gasteiger charge is -2.09. The summed E-state index contributed by atoms with van der Waals surface area (Å²) in [5, 5.41) is 0. The van der Waals surface area contributed by atoms with Crippen LogP contribution in [0.1, 0.15) is 6.42 Å². The third kappa shape index (κ3) is 2.31. The van der Waals surface area contributed by atoms with Gasteiger partial charge in [-0.1, -0.05) is 18.2 Å². The maximum atomic E-state index is 10.3. The van der Waals surface area contributed by atoms with Crippen LogP contribution < -0.4 is 0 Å². The van der Waals surface area contributed by atoms with Gasteiger partial charge in [-0.05, 0) is 12.0 Å². The van der Waals surface area contributed by atoms with Gasteiger partial charge in [0.1, 0.15) is 6.29 Å². The van der Waals surface area contributed by atoms with Crippen molar-refractivity contribution in [3.8, 4) is 0 Å². The fourth-order valence-electron chi connectivity index (χ4n) is 1.06. The van der Waals surface area contributed by atoms with Gasteiger partial charge in [-0.3, -0.25) is 0 Å². The molecular weight excluding hydrogens is 140 g/mol. The van der Waals surface area contributed by atoms with Crippen molar-refractivity contribution in [3.63, 3.8) is 0 Å². The standard InChI is InChI=1S/C9H12O2/c1-11-7-9-4-2-8(6-10)3-5-9/h2,4-6,8H,3,7H2,1H3. The van der Waals surface area contributed by atoms with Crippen molar-refractivity contribution < 1.29 is 9.53 Å². The molecule has 60 valence electrons. The Balaban J connectivity index is 2.45. The molecule has 0 saturated carbocycles. The van der Waals surface area contributed by atoms with Gasteiger partial charge in [0.05, 0.1) is 6.61 Å². The van der Waals surface area contributed by atoms with Crippen LogP contribution in [0.25, 0.3) is 0 Å². The third-order valence-corrected chi connectivity index (χ3v) is 1.70. The van der Waals surface area contributed by atoms with Gasteiger partial charge in [0.2, 0.25) is 0 Å². The number of hydrogen-bond acceptors (Lipinski definition) is 2. The molecule has 1 atom stereocenters. The Morgan fingerprint density at radius 3 is 3.09 bits per heavy atom. The highest BCUT2D eigenvalue weighted by atomic mass is 16.5. The SMILES string of the molecule is COCC1=CCC(C=O)C=C1. The molecule has 0 spiro atoms. The molecule has 0 bridgehead atoms. The summed E-state index contributed by atoms with van der Waals surface area (Å²) in [6.45, 7) is 0.641. The van der Waals surface area contributed by atoms with E-state index in [0.717, 1.165) is 18.3 Å². The summed E-state index contributed by atoms with van der Waals surface area (Å²) in [5.41, 5.74) is 1.16. The highest BCUT2D eigenvalue weighted by Gasteiger charge is 2.05. The van der Waals surface area contributed by atoms with Gasteiger partial charge < -0.3 is 9.53 Å². The van der Waals surface area contributed by atoms with Crippen LogP contribution in [0.4, 0.5) is 0 Å². The summed E-state index contributed by atoms with van der Waals surface area (Å²) in [4.78, 5) is 10.3. The van der Waals surface area contributed by atoms with Crippen LogP contribution in [-0.2, 0) is 9.53 Å². The number of methoxy groups -OCH3 is 1. The molecule has 0 N–H and O–H groups in total. The first-order valence-corrected chi connectivity index (χ1v) is 3.68. The Kier molecular flexibility index (Phi) is 3.05. The number of hydrogen-bond donors (Lipinski definition) is 0. The molecule has 0 radical (unpaired) electrons. The minimum Gasteiger partial charge on any atom is -0.380 e. The van der Waals surface area contributed by atoms with E-state index < -0.39 is 0 Å². The molecule has 0 aromatic carbocycles. The van der Waals surface area contributed by atoms with E-state index in [-0.39, 0.29) is 5.92 Å². The van der Waals surface area contributed by atoms with E-state index in [1.54, 1.807) is 7.11 Å².